The van der Waals surface area contributed by atoms with Gasteiger partial charge in [0.05, 0.1) is 48.2 Å². The third-order valence-electron chi connectivity index (χ3n) is 9.00. The van der Waals surface area contributed by atoms with Gasteiger partial charge in [-0.15, -0.1) is 0 Å². The smallest absolute Gasteiger partial charge is 0.493 e. The SMILES string of the molecule is COc1ccccc1Oc1c(OCCOC(=O)c2ccc(CON(O)O)cc2)nc(-c2ncccn2)nc1N(C(C)OC(=O)OCCCCON(O)O)S(=O)(=O)c1ccc(C(C)(C)C)cc1. The number of rotatable bonds is 23. The van der Waals surface area contributed by atoms with E-state index in [-0.39, 0.29) is 90.8 Å². The topological polar surface area (TPSA) is 284 Å². The minimum atomic E-state index is -4.80. The number of methoxy groups -OCH3 is 1. The van der Waals surface area contributed by atoms with E-state index >= 15 is 8.42 Å². The highest BCUT2D eigenvalue weighted by atomic mass is 32.2. The summed E-state index contributed by atoms with van der Waals surface area (Å²) < 4.78 is 65.2. The van der Waals surface area contributed by atoms with E-state index in [9.17, 15) is 9.59 Å². The van der Waals surface area contributed by atoms with Gasteiger partial charge in [0.2, 0.25) is 11.6 Å². The number of carbonyl (C=O) groups excluding carboxylic acids is 2. The summed E-state index contributed by atoms with van der Waals surface area (Å²) >= 11 is 0. The zero-order valence-corrected chi connectivity index (χ0v) is 37.2. The fourth-order valence-electron chi connectivity index (χ4n) is 5.76. The molecule has 0 spiro atoms. The first-order valence-electron chi connectivity index (χ1n) is 20.0. The van der Waals surface area contributed by atoms with Gasteiger partial charge in [-0.25, -0.2) is 42.1 Å². The Hall–Kier alpha value is -6.61. The van der Waals surface area contributed by atoms with Gasteiger partial charge in [0, 0.05) is 12.4 Å². The maximum atomic E-state index is 15.1. The number of carbonyl (C=O) groups is 2. The van der Waals surface area contributed by atoms with Crippen LogP contribution in [0.2, 0.25) is 0 Å². The third-order valence-corrected chi connectivity index (χ3v) is 10.9. The van der Waals surface area contributed by atoms with Crippen molar-refractivity contribution < 1.29 is 76.9 Å². The highest BCUT2D eigenvalue weighted by Crippen LogP contribution is 2.44. The molecule has 0 bridgehead atoms. The van der Waals surface area contributed by atoms with E-state index in [0.29, 0.717) is 9.87 Å². The van der Waals surface area contributed by atoms with Crippen molar-refractivity contribution in [1.29, 1.82) is 0 Å². The van der Waals surface area contributed by atoms with Crippen LogP contribution in [0.15, 0.2) is 96.2 Å². The number of hydrogen-bond acceptors (Lipinski definition) is 22. The monoisotopic (exact) mass is 939 g/mol. The van der Waals surface area contributed by atoms with E-state index < -0.39 is 50.7 Å². The lowest BCUT2D eigenvalue weighted by molar-refractivity contribution is -0.497. The Kier molecular flexibility index (Phi) is 18.0. The van der Waals surface area contributed by atoms with Gasteiger partial charge in [0.1, 0.15) is 13.2 Å². The summed E-state index contributed by atoms with van der Waals surface area (Å²) in [5, 5.41) is 34.2. The fourth-order valence-corrected chi connectivity index (χ4v) is 7.25. The van der Waals surface area contributed by atoms with E-state index in [1.165, 1.54) is 75.0 Å². The maximum absolute atomic E-state index is 15.1. The van der Waals surface area contributed by atoms with Crippen LogP contribution in [0.25, 0.3) is 11.6 Å². The summed E-state index contributed by atoms with van der Waals surface area (Å²) in [4.78, 5) is 52.7. The molecule has 5 rings (SSSR count). The number of para-hydroxylation sites is 2. The van der Waals surface area contributed by atoms with Crippen molar-refractivity contribution in [3.63, 3.8) is 0 Å². The Bertz CT molecular complexity index is 2460. The summed E-state index contributed by atoms with van der Waals surface area (Å²) in [6.07, 6.45) is 0.247. The average molecular weight is 940 g/mol. The molecule has 1 atom stereocenters. The Balaban J connectivity index is 1.58. The van der Waals surface area contributed by atoms with E-state index in [2.05, 4.69) is 29.6 Å². The second-order valence-electron chi connectivity index (χ2n) is 14.7. The number of aromatic nitrogens is 4. The van der Waals surface area contributed by atoms with Gasteiger partial charge in [-0.1, -0.05) is 57.2 Å². The largest absolute Gasteiger partial charge is 0.510 e. The molecule has 1 unspecified atom stereocenters. The van der Waals surface area contributed by atoms with Crippen molar-refractivity contribution in [3.05, 3.63) is 108 Å². The lowest BCUT2D eigenvalue weighted by Crippen LogP contribution is -2.42. The van der Waals surface area contributed by atoms with E-state index in [1.807, 2.05) is 20.8 Å². The molecule has 2 aromatic heterocycles. The first kappa shape index (κ1) is 50.4. The zero-order valence-electron chi connectivity index (χ0n) is 36.4. The Labute approximate surface area is 379 Å². The van der Waals surface area contributed by atoms with E-state index in [0.717, 1.165) is 5.56 Å². The number of sulfonamides is 1. The number of esters is 1. The fraction of sp³-hybridized carbons (Fsp3) is 0.333. The molecular formula is C42H49N7O16S. The number of nitrogens with zero attached hydrogens (tertiary/aromatic N) is 7. The van der Waals surface area contributed by atoms with Gasteiger partial charge in [-0.05, 0) is 78.8 Å². The lowest BCUT2D eigenvalue weighted by Gasteiger charge is -2.30. The van der Waals surface area contributed by atoms with Crippen LogP contribution in [0.5, 0.6) is 23.1 Å². The standard InChI is InChI=1S/C42H49N7O16S/c1-28(64-41(51)61-23-8-9-24-62-48(52)53)47(66(56,57)32-19-17-31(18-20-32)42(2,3)4)38-35(65-34-12-7-6-11-33(34)58-5)39(46-37(45-38)36-43-21-10-22-44-36)59-25-26-60-40(50)30-15-13-29(14-16-30)27-63-49(54)55/h6-7,10-22,28,52-55H,8-9,23-27H2,1-5H3. The van der Waals surface area contributed by atoms with Crippen molar-refractivity contribution in [2.75, 3.05) is 37.8 Å². The molecule has 0 aliphatic heterocycles. The van der Waals surface area contributed by atoms with Crippen LogP contribution in [0.3, 0.4) is 0 Å². The van der Waals surface area contributed by atoms with Crippen LogP contribution in [0.4, 0.5) is 10.6 Å². The van der Waals surface area contributed by atoms with Crippen LogP contribution in [0, 0.1) is 0 Å². The van der Waals surface area contributed by atoms with Crippen molar-refractivity contribution in [3.8, 4) is 34.8 Å². The number of benzene rings is 3. The zero-order chi connectivity index (χ0) is 47.9. The number of ether oxygens (including phenoxy) is 6. The Morgan fingerprint density at radius 1 is 0.742 bits per heavy atom. The van der Waals surface area contributed by atoms with E-state index in [1.54, 1.807) is 30.3 Å². The molecule has 0 fully saturated rings. The molecule has 24 heteroatoms. The molecule has 0 radical (unpaired) electrons. The number of unbranched alkanes of at least 4 members (excludes halogenated alkanes) is 1. The minimum Gasteiger partial charge on any atom is -0.493 e. The first-order valence-corrected chi connectivity index (χ1v) is 21.4. The molecule has 0 saturated carbocycles. The van der Waals surface area contributed by atoms with Gasteiger partial charge in [0.25, 0.3) is 15.9 Å². The van der Waals surface area contributed by atoms with Gasteiger partial charge in [0.15, 0.2) is 29.4 Å². The van der Waals surface area contributed by atoms with Crippen molar-refractivity contribution in [2.45, 2.75) is 63.7 Å². The molecule has 5 aromatic rings. The average Bonchev–Trinajstić information content (AvgIpc) is 3.29. The highest BCUT2D eigenvalue weighted by molar-refractivity contribution is 7.92. The Morgan fingerprint density at radius 3 is 2.03 bits per heavy atom. The molecular weight excluding hydrogens is 891 g/mol. The van der Waals surface area contributed by atoms with Crippen LogP contribution < -0.4 is 18.5 Å². The predicted molar refractivity (Wildman–Crippen MR) is 226 cm³/mol. The van der Waals surface area contributed by atoms with Gasteiger partial charge in [-0.3, -0.25) is 25.7 Å². The third kappa shape index (κ3) is 14.2. The van der Waals surface area contributed by atoms with Gasteiger partial charge >= 0.3 is 12.1 Å². The van der Waals surface area contributed by atoms with Gasteiger partial charge in [-0.2, -0.15) is 4.98 Å². The summed E-state index contributed by atoms with van der Waals surface area (Å²) in [7, 11) is -3.41. The summed E-state index contributed by atoms with van der Waals surface area (Å²) in [5.74, 6) is -2.15. The normalized spacial score (nSPS) is 12.1. The molecule has 0 aliphatic carbocycles. The molecule has 66 heavy (non-hydrogen) atoms. The first-order chi connectivity index (χ1) is 31.5. The summed E-state index contributed by atoms with van der Waals surface area (Å²) in [6.45, 7) is 5.87. The van der Waals surface area contributed by atoms with Crippen LogP contribution >= 0.6 is 0 Å². The van der Waals surface area contributed by atoms with Crippen molar-refractivity contribution in [2.24, 2.45) is 0 Å². The molecule has 4 N–H and O–H groups in total. The molecule has 3 aromatic carbocycles. The van der Waals surface area contributed by atoms with Crippen LogP contribution in [-0.4, -0.2) is 112 Å². The second kappa shape index (κ2) is 23.5. The number of hydrogen-bond donors (Lipinski definition) is 4. The Morgan fingerprint density at radius 2 is 1.39 bits per heavy atom. The number of anilines is 1. The van der Waals surface area contributed by atoms with Gasteiger partial charge < -0.3 is 28.4 Å². The minimum absolute atomic E-state index is 0.0544. The molecule has 354 valence electrons. The molecule has 0 aliphatic rings. The molecule has 2 heterocycles. The van der Waals surface area contributed by atoms with Crippen molar-refractivity contribution >= 4 is 28.0 Å². The van der Waals surface area contributed by atoms with Crippen molar-refractivity contribution in [1.82, 2.24) is 30.7 Å². The van der Waals surface area contributed by atoms with E-state index in [4.69, 9.17) is 49.3 Å². The quantitative estimate of drug-likeness (QED) is 0.0243. The maximum Gasteiger partial charge on any atom is 0.510 e. The summed E-state index contributed by atoms with van der Waals surface area (Å²) in [6, 6.07) is 19.9. The van der Waals surface area contributed by atoms with Crippen LogP contribution in [-0.2, 0) is 45.9 Å². The van der Waals surface area contributed by atoms with Crippen LogP contribution in [0.1, 0.15) is 62.0 Å². The molecule has 23 nitrogen and oxygen atoms in total. The second-order valence-corrected chi connectivity index (χ2v) is 16.5. The summed E-state index contributed by atoms with van der Waals surface area (Å²) in [5.41, 5.74) is 1.14. The molecule has 0 amide bonds. The molecule has 0 saturated heterocycles. The highest BCUT2D eigenvalue weighted by Gasteiger charge is 2.39. The lowest BCUT2D eigenvalue weighted by atomic mass is 9.87. The predicted octanol–water partition coefficient (Wildman–Crippen LogP) is 6.27.